The molecule has 1 aliphatic rings. The zero-order valence-corrected chi connectivity index (χ0v) is 14.6. The molecule has 1 aliphatic heterocycles. The summed E-state index contributed by atoms with van der Waals surface area (Å²) in [7, 11) is 0. The van der Waals surface area contributed by atoms with E-state index in [9.17, 15) is 14.4 Å². The van der Waals surface area contributed by atoms with Gasteiger partial charge >= 0.3 is 0 Å². The van der Waals surface area contributed by atoms with Crippen molar-refractivity contribution < 1.29 is 14.4 Å². The Bertz CT molecular complexity index is 812. The Kier molecular flexibility index (Phi) is 5.14. The van der Waals surface area contributed by atoms with Crippen molar-refractivity contribution in [2.45, 2.75) is 32.4 Å². The minimum absolute atomic E-state index is 0.142. The summed E-state index contributed by atoms with van der Waals surface area (Å²) in [6.07, 6.45) is 0.563. The molecule has 1 unspecified atom stereocenters. The van der Waals surface area contributed by atoms with Gasteiger partial charge in [-0.25, -0.2) is 0 Å². The SMILES string of the molecule is Cc1ccc(C(N)C(=O)Nc2ccc(CN3C(=O)CCC3=O)cc2)cc1. The number of rotatable bonds is 5. The number of hydrogen-bond donors (Lipinski definition) is 2. The van der Waals surface area contributed by atoms with E-state index in [1.807, 2.05) is 31.2 Å². The Balaban J connectivity index is 1.61. The number of nitrogens with zero attached hydrogens (tertiary/aromatic N) is 1. The summed E-state index contributed by atoms with van der Waals surface area (Å²) in [5.74, 6) is -0.584. The molecule has 6 nitrogen and oxygen atoms in total. The normalized spacial score (nSPS) is 15.2. The molecule has 1 heterocycles. The lowest BCUT2D eigenvalue weighted by Crippen LogP contribution is -2.28. The van der Waals surface area contributed by atoms with Gasteiger partial charge < -0.3 is 11.1 Å². The molecule has 3 amide bonds. The van der Waals surface area contributed by atoms with Gasteiger partial charge in [-0.05, 0) is 30.2 Å². The highest BCUT2D eigenvalue weighted by atomic mass is 16.2. The van der Waals surface area contributed by atoms with E-state index >= 15 is 0 Å². The number of benzene rings is 2. The van der Waals surface area contributed by atoms with Crippen molar-refractivity contribution in [3.05, 3.63) is 65.2 Å². The summed E-state index contributed by atoms with van der Waals surface area (Å²) >= 11 is 0. The first-order valence-electron chi connectivity index (χ1n) is 8.49. The van der Waals surface area contributed by atoms with Crippen LogP contribution in [0.4, 0.5) is 5.69 Å². The van der Waals surface area contributed by atoms with Gasteiger partial charge in [0.1, 0.15) is 6.04 Å². The highest BCUT2D eigenvalue weighted by molar-refractivity contribution is 6.01. The van der Waals surface area contributed by atoms with E-state index in [4.69, 9.17) is 5.73 Å². The van der Waals surface area contributed by atoms with Crippen molar-refractivity contribution in [3.63, 3.8) is 0 Å². The van der Waals surface area contributed by atoms with Gasteiger partial charge in [-0.3, -0.25) is 19.3 Å². The molecule has 0 aliphatic carbocycles. The molecule has 1 fully saturated rings. The number of anilines is 1. The second-order valence-corrected chi connectivity index (χ2v) is 6.45. The topological polar surface area (TPSA) is 92.5 Å². The number of carbonyl (C=O) groups excluding carboxylic acids is 3. The van der Waals surface area contributed by atoms with Gasteiger partial charge in [0.15, 0.2) is 0 Å². The van der Waals surface area contributed by atoms with E-state index in [0.717, 1.165) is 16.7 Å². The lowest BCUT2D eigenvalue weighted by Gasteiger charge is -2.15. The molecule has 26 heavy (non-hydrogen) atoms. The maximum Gasteiger partial charge on any atom is 0.245 e. The average molecular weight is 351 g/mol. The van der Waals surface area contributed by atoms with E-state index < -0.39 is 6.04 Å². The van der Waals surface area contributed by atoms with Crippen molar-refractivity contribution >= 4 is 23.4 Å². The molecule has 1 atom stereocenters. The summed E-state index contributed by atoms with van der Waals surface area (Å²) in [6, 6.07) is 13.8. The van der Waals surface area contributed by atoms with Crippen molar-refractivity contribution in [2.24, 2.45) is 5.73 Å². The van der Waals surface area contributed by atoms with Gasteiger partial charge in [-0.15, -0.1) is 0 Å². The molecule has 0 radical (unpaired) electrons. The number of amides is 3. The maximum absolute atomic E-state index is 12.3. The van der Waals surface area contributed by atoms with Crippen LogP contribution < -0.4 is 11.1 Å². The molecule has 1 saturated heterocycles. The first-order valence-corrected chi connectivity index (χ1v) is 8.49. The number of likely N-dealkylation sites (tertiary alicyclic amines) is 1. The van der Waals surface area contributed by atoms with Gasteiger partial charge in [0, 0.05) is 18.5 Å². The van der Waals surface area contributed by atoms with E-state index in [2.05, 4.69) is 5.32 Å². The highest BCUT2D eigenvalue weighted by Gasteiger charge is 2.28. The largest absolute Gasteiger partial charge is 0.324 e. The molecule has 0 saturated carbocycles. The van der Waals surface area contributed by atoms with Gasteiger partial charge in [-0.2, -0.15) is 0 Å². The summed E-state index contributed by atoms with van der Waals surface area (Å²) in [6.45, 7) is 2.23. The van der Waals surface area contributed by atoms with Gasteiger partial charge in [-0.1, -0.05) is 42.0 Å². The third-order valence-corrected chi connectivity index (χ3v) is 4.44. The second kappa shape index (κ2) is 7.49. The minimum atomic E-state index is -0.755. The van der Waals surface area contributed by atoms with E-state index in [1.54, 1.807) is 24.3 Å². The lowest BCUT2D eigenvalue weighted by atomic mass is 10.1. The lowest BCUT2D eigenvalue weighted by molar-refractivity contribution is -0.139. The standard InChI is InChI=1S/C20H21N3O3/c1-13-2-6-15(7-3-13)19(21)20(26)22-16-8-4-14(5-9-16)12-23-17(24)10-11-18(23)25/h2-9,19H,10-12,21H2,1H3,(H,22,26). The maximum atomic E-state index is 12.3. The van der Waals surface area contributed by atoms with Crippen molar-refractivity contribution in [3.8, 4) is 0 Å². The smallest absolute Gasteiger partial charge is 0.245 e. The third-order valence-electron chi connectivity index (χ3n) is 4.44. The Hall–Kier alpha value is -2.99. The van der Waals surface area contributed by atoms with Crippen LogP contribution in [0.2, 0.25) is 0 Å². The van der Waals surface area contributed by atoms with Crippen LogP contribution in [0.25, 0.3) is 0 Å². The fourth-order valence-electron chi connectivity index (χ4n) is 2.82. The quantitative estimate of drug-likeness (QED) is 0.808. The van der Waals surface area contributed by atoms with Crippen LogP contribution in [0, 0.1) is 6.92 Å². The second-order valence-electron chi connectivity index (χ2n) is 6.45. The number of carbonyl (C=O) groups is 3. The number of hydrogen-bond acceptors (Lipinski definition) is 4. The monoisotopic (exact) mass is 351 g/mol. The van der Waals surface area contributed by atoms with Crippen LogP contribution in [0.5, 0.6) is 0 Å². The third kappa shape index (κ3) is 3.97. The van der Waals surface area contributed by atoms with Crippen LogP contribution in [0.3, 0.4) is 0 Å². The van der Waals surface area contributed by atoms with Gasteiger partial charge in [0.25, 0.3) is 0 Å². The molecule has 134 valence electrons. The van der Waals surface area contributed by atoms with Crippen molar-refractivity contribution in [2.75, 3.05) is 5.32 Å². The predicted octanol–water partition coefficient (Wildman–Crippen LogP) is 2.28. The van der Waals surface area contributed by atoms with Crippen LogP contribution in [0.1, 0.15) is 35.6 Å². The van der Waals surface area contributed by atoms with Crippen LogP contribution in [0.15, 0.2) is 48.5 Å². The molecule has 2 aromatic rings. The van der Waals surface area contributed by atoms with Crippen LogP contribution in [-0.2, 0) is 20.9 Å². The Labute approximate surface area is 152 Å². The molecule has 0 spiro atoms. The summed E-state index contributed by atoms with van der Waals surface area (Å²) in [5.41, 5.74) is 9.30. The Morgan fingerprint density at radius 3 is 2.19 bits per heavy atom. The molecule has 2 aromatic carbocycles. The van der Waals surface area contributed by atoms with Crippen molar-refractivity contribution in [1.82, 2.24) is 4.90 Å². The van der Waals surface area contributed by atoms with Gasteiger partial charge in [0.2, 0.25) is 17.7 Å². The summed E-state index contributed by atoms with van der Waals surface area (Å²) in [4.78, 5) is 36.9. The Morgan fingerprint density at radius 2 is 1.62 bits per heavy atom. The number of aryl methyl sites for hydroxylation is 1. The molecule has 0 bridgehead atoms. The van der Waals surface area contributed by atoms with E-state index in [1.165, 1.54) is 4.90 Å². The fourth-order valence-corrected chi connectivity index (χ4v) is 2.82. The van der Waals surface area contributed by atoms with E-state index in [0.29, 0.717) is 5.69 Å². The number of imide groups is 1. The summed E-state index contributed by atoms with van der Waals surface area (Å²) < 4.78 is 0. The molecule has 6 heteroatoms. The molecular formula is C20H21N3O3. The number of nitrogens with one attached hydrogen (secondary N) is 1. The predicted molar refractivity (Wildman–Crippen MR) is 98.0 cm³/mol. The molecular weight excluding hydrogens is 330 g/mol. The first kappa shape index (κ1) is 17.8. The highest BCUT2D eigenvalue weighted by Crippen LogP contribution is 2.19. The van der Waals surface area contributed by atoms with Gasteiger partial charge in [0.05, 0.1) is 6.54 Å². The van der Waals surface area contributed by atoms with Crippen LogP contribution in [-0.4, -0.2) is 22.6 Å². The minimum Gasteiger partial charge on any atom is -0.324 e. The van der Waals surface area contributed by atoms with Crippen LogP contribution >= 0.6 is 0 Å². The summed E-state index contributed by atoms with van der Waals surface area (Å²) in [5, 5.41) is 2.78. The Morgan fingerprint density at radius 1 is 1.04 bits per heavy atom. The van der Waals surface area contributed by atoms with E-state index in [-0.39, 0.29) is 37.1 Å². The first-order chi connectivity index (χ1) is 12.4. The fraction of sp³-hybridized carbons (Fsp3) is 0.250. The number of nitrogens with two attached hydrogens (primary N) is 1. The van der Waals surface area contributed by atoms with Crippen molar-refractivity contribution in [1.29, 1.82) is 0 Å². The molecule has 3 N–H and O–H groups in total. The average Bonchev–Trinajstić information content (AvgIpc) is 2.95. The zero-order valence-electron chi connectivity index (χ0n) is 14.6. The zero-order chi connectivity index (χ0) is 18.7. The molecule has 0 aromatic heterocycles. The molecule has 3 rings (SSSR count).